The van der Waals surface area contributed by atoms with Gasteiger partial charge < -0.3 is 5.32 Å². The van der Waals surface area contributed by atoms with E-state index in [0.717, 1.165) is 18.4 Å². The molecule has 90 valence electrons. The Balaban J connectivity index is 4.20. The third kappa shape index (κ3) is 8.37. The maximum Gasteiger partial charge on any atom is 0.0565 e. The molecule has 0 aliphatic rings. The minimum Gasteiger partial charge on any atom is -0.366 e. The summed E-state index contributed by atoms with van der Waals surface area (Å²) in [5.41, 5.74) is 2.40. The van der Waals surface area contributed by atoms with Crippen LogP contribution in [0, 0.1) is 0 Å². The van der Waals surface area contributed by atoms with Crippen molar-refractivity contribution in [2.45, 2.75) is 40.0 Å². The van der Waals surface area contributed by atoms with Gasteiger partial charge in [-0.15, -0.1) is 0 Å². The zero-order valence-electron chi connectivity index (χ0n) is 10.5. The van der Waals surface area contributed by atoms with Crippen molar-refractivity contribution in [1.82, 2.24) is 5.32 Å². The molecule has 0 saturated carbocycles. The summed E-state index contributed by atoms with van der Waals surface area (Å²) in [6.45, 7) is 10.0. The molecule has 1 N–H and O–H groups in total. The van der Waals surface area contributed by atoms with Gasteiger partial charge in [0.2, 0.25) is 0 Å². The second-order valence-electron chi connectivity index (χ2n) is 3.78. The predicted molar refractivity (Wildman–Crippen MR) is 74.3 cm³/mol. The Morgan fingerprint density at radius 3 is 2.44 bits per heavy atom. The number of rotatable bonds is 7. The molecule has 0 aromatic heterocycles. The molecule has 0 fully saturated rings. The number of allylic oxidation sites excluding steroid dienone is 5. The summed E-state index contributed by atoms with van der Waals surface area (Å²) < 4.78 is 0. The topological polar surface area (TPSA) is 12.0 Å². The summed E-state index contributed by atoms with van der Waals surface area (Å²) in [5, 5.41) is 3.78. The number of halogens is 1. The van der Waals surface area contributed by atoms with Gasteiger partial charge >= 0.3 is 0 Å². The van der Waals surface area contributed by atoms with Crippen LogP contribution in [-0.4, -0.2) is 0 Å². The molecule has 2 heteroatoms. The number of hydrogen-bond donors (Lipinski definition) is 1. The lowest BCUT2D eigenvalue weighted by Gasteiger charge is -2.01. The van der Waals surface area contributed by atoms with Crippen molar-refractivity contribution < 1.29 is 0 Å². The summed E-state index contributed by atoms with van der Waals surface area (Å²) in [6, 6.07) is 0. The molecule has 0 aromatic rings. The Morgan fingerprint density at radius 1 is 1.25 bits per heavy atom. The lowest BCUT2D eigenvalue weighted by Crippen LogP contribution is -1.96. The van der Waals surface area contributed by atoms with Gasteiger partial charge in [-0.1, -0.05) is 55.7 Å². The highest BCUT2D eigenvalue weighted by Gasteiger charge is 1.90. The van der Waals surface area contributed by atoms with Crippen LogP contribution < -0.4 is 5.32 Å². The first kappa shape index (κ1) is 15.0. The average molecular weight is 240 g/mol. The van der Waals surface area contributed by atoms with Gasteiger partial charge in [-0.2, -0.15) is 0 Å². The SMILES string of the molecule is C=C(C)/C=C\C(Cl)=C/N/C=C(/CC)CCC. The van der Waals surface area contributed by atoms with Crippen molar-refractivity contribution in [2.75, 3.05) is 0 Å². The Morgan fingerprint density at radius 2 is 1.94 bits per heavy atom. The van der Waals surface area contributed by atoms with Crippen LogP contribution in [0.3, 0.4) is 0 Å². The van der Waals surface area contributed by atoms with Gasteiger partial charge in [0, 0.05) is 6.20 Å². The standard InChI is InChI=1S/C14H22ClN/c1-5-7-13(6-2)10-16-11-14(15)9-8-12(3)4/h8-11,16H,3,5-7H2,1-2,4H3/b9-8-,13-10-,14-11+. The minimum absolute atomic E-state index is 0.672. The molecule has 0 aliphatic heterocycles. The number of nitrogens with one attached hydrogen (secondary N) is 1. The van der Waals surface area contributed by atoms with Gasteiger partial charge in [0.25, 0.3) is 0 Å². The molecule has 0 aromatic carbocycles. The zero-order chi connectivity index (χ0) is 12.4. The van der Waals surface area contributed by atoms with Crippen molar-refractivity contribution >= 4 is 11.6 Å². The molecule has 0 saturated heterocycles. The highest BCUT2D eigenvalue weighted by atomic mass is 35.5. The van der Waals surface area contributed by atoms with Crippen LogP contribution in [0.2, 0.25) is 0 Å². The monoisotopic (exact) mass is 239 g/mol. The van der Waals surface area contributed by atoms with E-state index in [-0.39, 0.29) is 0 Å². The van der Waals surface area contributed by atoms with E-state index in [0.29, 0.717) is 5.03 Å². The normalized spacial score (nSPS) is 13.2. The highest BCUT2D eigenvalue weighted by molar-refractivity contribution is 6.31. The van der Waals surface area contributed by atoms with Gasteiger partial charge in [-0.05, 0) is 32.0 Å². The first-order chi connectivity index (χ1) is 7.60. The summed E-state index contributed by atoms with van der Waals surface area (Å²) in [7, 11) is 0. The fourth-order valence-corrected chi connectivity index (χ4v) is 1.31. The predicted octanol–water partition coefficient (Wildman–Crippen LogP) is 4.88. The fraction of sp³-hybridized carbons (Fsp3) is 0.429. The highest BCUT2D eigenvalue weighted by Crippen LogP contribution is 2.08. The van der Waals surface area contributed by atoms with Crippen molar-refractivity contribution in [2.24, 2.45) is 0 Å². The lowest BCUT2D eigenvalue weighted by atomic mass is 10.1. The molecule has 16 heavy (non-hydrogen) atoms. The number of hydrogen-bond acceptors (Lipinski definition) is 1. The first-order valence-corrected chi connectivity index (χ1v) is 6.11. The van der Waals surface area contributed by atoms with Crippen molar-refractivity contribution in [1.29, 1.82) is 0 Å². The van der Waals surface area contributed by atoms with E-state index >= 15 is 0 Å². The lowest BCUT2D eigenvalue weighted by molar-refractivity contribution is 0.845. The summed E-state index contributed by atoms with van der Waals surface area (Å²) >= 11 is 5.97. The van der Waals surface area contributed by atoms with Crippen LogP contribution in [0.5, 0.6) is 0 Å². The minimum atomic E-state index is 0.672. The largest absolute Gasteiger partial charge is 0.366 e. The van der Waals surface area contributed by atoms with E-state index in [2.05, 4.69) is 25.7 Å². The summed E-state index contributed by atoms with van der Waals surface area (Å²) in [5.74, 6) is 0. The van der Waals surface area contributed by atoms with Crippen LogP contribution in [-0.2, 0) is 0 Å². The van der Waals surface area contributed by atoms with Crippen molar-refractivity contribution in [3.8, 4) is 0 Å². The molecule has 0 bridgehead atoms. The third-order valence-corrected chi connectivity index (χ3v) is 2.30. The molecule has 0 rings (SSSR count). The van der Waals surface area contributed by atoms with E-state index in [1.807, 2.05) is 25.3 Å². The van der Waals surface area contributed by atoms with E-state index in [1.54, 1.807) is 6.20 Å². The molecule has 0 heterocycles. The maximum absolute atomic E-state index is 5.97. The Labute approximate surface area is 105 Å². The van der Waals surface area contributed by atoms with Crippen LogP contribution in [0.15, 0.2) is 47.3 Å². The van der Waals surface area contributed by atoms with Crippen LogP contribution in [0.1, 0.15) is 40.0 Å². The van der Waals surface area contributed by atoms with Crippen LogP contribution in [0.25, 0.3) is 0 Å². The van der Waals surface area contributed by atoms with Gasteiger partial charge in [0.05, 0.1) is 5.03 Å². The van der Waals surface area contributed by atoms with Gasteiger partial charge in [0.1, 0.15) is 0 Å². The molecule has 0 amide bonds. The molecule has 1 nitrogen and oxygen atoms in total. The molecule has 0 spiro atoms. The van der Waals surface area contributed by atoms with Gasteiger partial charge in [-0.25, -0.2) is 0 Å². The first-order valence-electron chi connectivity index (χ1n) is 5.73. The van der Waals surface area contributed by atoms with E-state index in [4.69, 9.17) is 11.6 Å². The maximum atomic E-state index is 5.97. The van der Waals surface area contributed by atoms with Crippen LogP contribution >= 0.6 is 11.6 Å². The second-order valence-corrected chi connectivity index (χ2v) is 4.22. The van der Waals surface area contributed by atoms with E-state index in [1.165, 1.54) is 12.0 Å². The Bertz CT molecular complexity index is 298. The molecule has 0 unspecified atom stereocenters. The quantitative estimate of drug-likeness (QED) is 0.625. The average Bonchev–Trinajstić information content (AvgIpc) is 2.25. The smallest absolute Gasteiger partial charge is 0.0565 e. The Kier molecular flexibility index (Phi) is 8.74. The summed E-state index contributed by atoms with van der Waals surface area (Å²) in [6.07, 6.45) is 10.9. The van der Waals surface area contributed by atoms with E-state index in [9.17, 15) is 0 Å². The van der Waals surface area contributed by atoms with Crippen LogP contribution in [0.4, 0.5) is 0 Å². The Hall–Kier alpha value is -0.950. The second kappa shape index (κ2) is 9.29. The fourth-order valence-electron chi connectivity index (χ4n) is 1.18. The van der Waals surface area contributed by atoms with E-state index < -0.39 is 0 Å². The van der Waals surface area contributed by atoms with Crippen molar-refractivity contribution in [3.05, 3.63) is 47.3 Å². The molecular formula is C14H22ClN. The summed E-state index contributed by atoms with van der Waals surface area (Å²) in [4.78, 5) is 0. The van der Waals surface area contributed by atoms with Crippen molar-refractivity contribution in [3.63, 3.8) is 0 Å². The molecule has 0 atom stereocenters. The molecule has 0 aliphatic carbocycles. The van der Waals surface area contributed by atoms with Gasteiger partial charge in [0.15, 0.2) is 0 Å². The molecule has 0 radical (unpaired) electrons. The molecular weight excluding hydrogens is 218 g/mol. The van der Waals surface area contributed by atoms with Gasteiger partial charge in [-0.3, -0.25) is 0 Å². The third-order valence-electron chi connectivity index (χ3n) is 2.06. The zero-order valence-corrected chi connectivity index (χ0v) is 11.3.